The van der Waals surface area contributed by atoms with Crippen molar-refractivity contribution in [1.82, 2.24) is 5.32 Å². The maximum atomic E-state index is 12.5. The molecule has 1 aliphatic heterocycles. The molecule has 3 rings (SSSR count). The maximum absolute atomic E-state index is 12.5. The van der Waals surface area contributed by atoms with E-state index in [1.165, 1.54) is 12.1 Å². The Bertz CT molecular complexity index is 829. The predicted molar refractivity (Wildman–Crippen MR) is 105 cm³/mol. The molecular formula is C21H24N2O5. The highest BCUT2D eigenvalue weighted by Gasteiger charge is 2.37. The molecule has 1 saturated heterocycles. The number of hydrogen-bond acceptors (Lipinski definition) is 5. The molecule has 0 saturated carbocycles. The Kier molecular flexibility index (Phi) is 6.26. The Labute approximate surface area is 163 Å². The van der Waals surface area contributed by atoms with Gasteiger partial charge in [-0.2, -0.15) is 0 Å². The van der Waals surface area contributed by atoms with Crippen molar-refractivity contribution in [2.75, 3.05) is 26.9 Å². The van der Waals surface area contributed by atoms with E-state index < -0.39 is 4.92 Å². The second kappa shape index (κ2) is 8.84. The van der Waals surface area contributed by atoms with Gasteiger partial charge in [-0.3, -0.25) is 14.9 Å². The first-order valence-corrected chi connectivity index (χ1v) is 9.25. The summed E-state index contributed by atoms with van der Waals surface area (Å²) in [5, 5.41) is 13.8. The molecule has 0 spiro atoms. The number of nitrogens with zero attached hydrogens (tertiary/aromatic N) is 1. The second-order valence-corrected chi connectivity index (χ2v) is 6.97. The van der Waals surface area contributed by atoms with Gasteiger partial charge < -0.3 is 14.8 Å². The minimum atomic E-state index is -0.452. The number of methoxy groups -OCH3 is 1. The van der Waals surface area contributed by atoms with Crippen molar-refractivity contribution in [3.05, 3.63) is 69.8 Å². The number of non-ortho nitro benzene ring substituents is 1. The Balaban J connectivity index is 1.70. The van der Waals surface area contributed by atoms with Gasteiger partial charge in [0.2, 0.25) is 5.91 Å². The molecule has 7 nitrogen and oxygen atoms in total. The summed E-state index contributed by atoms with van der Waals surface area (Å²) in [6, 6.07) is 14.0. The molecular weight excluding hydrogens is 360 g/mol. The van der Waals surface area contributed by atoms with Crippen LogP contribution in [-0.4, -0.2) is 37.7 Å². The van der Waals surface area contributed by atoms with E-state index in [2.05, 4.69) is 5.32 Å². The van der Waals surface area contributed by atoms with Gasteiger partial charge in [0, 0.05) is 42.9 Å². The Morgan fingerprint density at radius 1 is 1.18 bits per heavy atom. The first kappa shape index (κ1) is 19.8. The summed E-state index contributed by atoms with van der Waals surface area (Å²) < 4.78 is 11.1. The van der Waals surface area contributed by atoms with E-state index in [0.29, 0.717) is 19.8 Å². The highest BCUT2D eigenvalue weighted by atomic mass is 16.6. The summed E-state index contributed by atoms with van der Waals surface area (Å²) in [6.45, 7) is 1.76. The van der Waals surface area contributed by atoms with Gasteiger partial charge in [-0.15, -0.1) is 0 Å². The number of nitro benzene ring substituents is 1. The third-order valence-electron chi connectivity index (χ3n) is 5.26. The van der Waals surface area contributed by atoms with E-state index in [4.69, 9.17) is 9.47 Å². The summed E-state index contributed by atoms with van der Waals surface area (Å²) in [4.78, 5) is 22.8. The van der Waals surface area contributed by atoms with Crippen molar-refractivity contribution in [3.8, 4) is 5.75 Å². The minimum absolute atomic E-state index is 0.0153. The largest absolute Gasteiger partial charge is 0.496 e. The van der Waals surface area contributed by atoms with E-state index in [-0.39, 0.29) is 23.4 Å². The number of ether oxygens (including phenoxy) is 2. The van der Waals surface area contributed by atoms with Crippen LogP contribution in [-0.2, 0) is 21.4 Å². The zero-order valence-electron chi connectivity index (χ0n) is 15.8. The zero-order valence-corrected chi connectivity index (χ0v) is 15.8. The van der Waals surface area contributed by atoms with Gasteiger partial charge in [-0.25, -0.2) is 0 Å². The zero-order chi connectivity index (χ0) is 20.0. The molecule has 0 aliphatic carbocycles. The van der Waals surface area contributed by atoms with Gasteiger partial charge in [0.25, 0.3) is 5.69 Å². The van der Waals surface area contributed by atoms with Crippen LogP contribution in [0.1, 0.15) is 24.0 Å². The molecule has 0 unspecified atom stereocenters. The Hall–Kier alpha value is -2.93. The number of amides is 1. The molecule has 1 aliphatic rings. The topological polar surface area (TPSA) is 90.7 Å². The second-order valence-electron chi connectivity index (χ2n) is 6.97. The highest BCUT2D eigenvalue weighted by molar-refractivity contribution is 5.78. The SMILES string of the molecule is COc1ccccc1C1(CNC(=O)Cc2ccc([N+](=O)[O-])cc2)CCOCC1. The summed E-state index contributed by atoms with van der Waals surface area (Å²) in [5.41, 5.74) is 1.59. The molecule has 0 bridgehead atoms. The van der Waals surface area contributed by atoms with Crippen molar-refractivity contribution in [1.29, 1.82) is 0 Å². The minimum Gasteiger partial charge on any atom is -0.496 e. The highest BCUT2D eigenvalue weighted by Crippen LogP contribution is 2.39. The van der Waals surface area contributed by atoms with Crippen LogP contribution in [0.5, 0.6) is 5.75 Å². The van der Waals surface area contributed by atoms with Crippen LogP contribution < -0.4 is 10.1 Å². The van der Waals surface area contributed by atoms with Crippen molar-refractivity contribution < 1.29 is 19.2 Å². The number of para-hydroxylation sites is 1. The smallest absolute Gasteiger partial charge is 0.269 e. The lowest BCUT2D eigenvalue weighted by Crippen LogP contribution is -2.45. The van der Waals surface area contributed by atoms with Crippen LogP contribution in [0.3, 0.4) is 0 Å². The number of nitro groups is 1. The van der Waals surface area contributed by atoms with Crippen LogP contribution in [0.15, 0.2) is 48.5 Å². The molecule has 0 radical (unpaired) electrons. The molecule has 28 heavy (non-hydrogen) atoms. The first-order chi connectivity index (χ1) is 13.5. The van der Waals surface area contributed by atoms with Crippen molar-refractivity contribution in [2.24, 2.45) is 0 Å². The van der Waals surface area contributed by atoms with Crippen LogP contribution in [0.2, 0.25) is 0 Å². The van der Waals surface area contributed by atoms with Crippen LogP contribution in [0, 0.1) is 10.1 Å². The van der Waals surface area contributed by atoms with Gasteiger partial charge >= 0.3 is 0 Å². The fourth-order valence-electron chi connectivity index (χ4n) is 3.64. The number of hydrogen-bond donors (Lipinski definition) is 1. The number of carbonyl (C=O) groups excluding carboxylic acids is 1. The Morgan fingerprint density at radius 3 is 2.50 bits per heavy atom. The van der Waals surface area contributed by atoms with Crippen LogP contribution in [0.25, 0.3) is 0 Å². The molecule has 1 heterocycles. The third kappa shape index (κ3) is 4.48. The lowest BCUT2D eigenvalue weighted by atomic mass is 9.73. The Morgan fingerprint density at radius 2 is 1.86 bits per heavy atom. The van der Waals surface area contributed by atoms with E-state index >= 15 is 0 Å². The van der Waals surface area contributed by atoms with Gasteiger partial charge in [0.05, 0.1) is 18.5 Å². The van der Waals surface area contributed by atoms with Gasteiger partial charge in [-0.1, -0.05) is 30.3 Å². The fourth-order valence-corrected chi connectivity index (χ4v) is 3.64. The van der Waals surface area contributed by atoms with E-state index in [1.54, 1.807) is 19.2 Å². The van der Waals surface area contributed by atoms with Crippen molar-refractivity contribution in [3.63, 3.8) is 0 Å². The molecule has 148 valence electrons. The van der Waals surface area contributed by atoms with Crippen molar-refractivity contribution in [2.45, 2.75) is 24.7 Å². The average Bonchev–Trinajstić information content (AvgIpc) is 2.73. The number of nitrogens with one attached hydrogen (secondary N) is 1. The van der Waals surface area contributed by atoms with Crippen LogP contribution >= 0.6 is 0 Å². The molecule has 0 atom stereocenters. The maximum Gasteiger partial charge on any atom is 0.269 e. The summed E-state index contributed by atoms with van der Waals surface area (Å²) in [5.74, 6) is 0.698. The molecule has 0 aromatic heterocycles. The molecule has 1 N–H and O–H groups in total. The molecule has 7 heteroatoms. The van der Waals surface area contributed by atoms with E-state index in [9.17, 15) is 14.9 Å². The van der Waals surface area contributed by atoms with E-state index in [1.807, 2.05) is 24.3 Å². The van der Waals surface area contributed by atoms with Gasteiger partial charge in [0.15, 0.2) is 0 Å². The quantitative estimate of drug-likeness (QED) is 0.585. The first-order valence-electron chi connectivity index (χ1n) is 9.25. The van der Waals surface area contributed by atoms with Gasteiger partial charge in [0.1, 0.15) is 5.75 Å². The molecule has 2 aromatic rings. The summed E-state index contributed by atoms with van der Waals surface area (Å²) in [7, 11) is 1.65. The molecule has 2 aromatic carbocycles. The predicted octanol–water partition coefficient (Wildman–Crippen LogP) is 3.01. The van der Waals surface area contributed by atoms with E-state index in [0.717, 1.165) is 29.7 Å². The van der Waals surface area contributed by atoms with Crippen molar-refractivity contribution >= 4 is 11.6 Å². The third-order valence-corrected chi connectivity index (χ3v) is 5.26. The number of carbonyl (C=O) groups is 1. The lowest BCUT2D eigenvalue weighted by molar-refractivity contribution is -0.384. The summed E-state index contributed by atoms with van der Waals surface area (Å²) in [6.07, 6.45) is 1.77. The molecule has 1 fully saturated rings. The lowest BCUT2D eigenvalue weighted by Gasteiger charge is -2.38. The van der Waals surface area contributed by atoms with Gasteiger partial charge in [-0.05, 0) is 24.5 Å². The van der Waals surface area contributed by atoms with Crippen LogP contribution in [0.4, 0.5) is 5.69 Å². The summed E-state index contributed by atoms with van der Waals surface area (Å²) >= 11 is 0. The number of rotatable bonds is 7. The molecule has 1 amide bonds. The normalized spacial score (nSPS) is 15.6. The number of benzene rings is 2. The standard InChI is InChI=1S/C21H24N2O5/c1-27-19-5-3-2-4-18(19)21(10-12-28-13-11-21)15-22-20(24)14-16-6-8-17(9-7-16)23(25)26/h2-9H,10-15H2,1H3,(H,22,24). The fraction of sp³-hybridized carbons (Fsp3) is 0.381. The average molecular weight is 384 g/mol. The monoisotopic (exact) mass is 384 g/mol.